The second-order valence-corrected chi connectivity index (χ2v) is 5.79. The fourth-order valence-electron chi connectivity index (χ4n) is 3.52. The van der Waals surface area contributed by atoms with Gasteiger partial charge in [0.1, 0.15) is 11.3 Å². The summed E-state index contributed by atoms with van der Waals surface area (Å²) in [6.07, 6.45) is 4.55. The van der Waals surface area contributed by atoms with E-state index in [0.29, 0.717) is 19.4 Å². The number of likely N-dealkylation sites (tertiary alicyclic amines) is 2. The highest BCUT2D eigenvalue weighted by Crippen LogP contribution is 2.39. The van der Waals surface area contributed by atoms with Gasteiger partial charge in [-0.25, -0.2) is 4.98 Å². The Morgan fingerprint density at radius 2 is 2.05 bits per heavy atom. The number of aromatic hydroxyl groups is 1. The fourth-order valence-corrected chi connectivity index (χ4v) is 3.52. The molecule has 1 atom stereocenters. The number of piperidine rings is 1. The third-order valence-corrected chi connectivity index (χ3v) is 4.55. The van der Waals surface area contributed by atoms with Crippen molar-refractivity contribution >= 4 is 11.8 Å². The van der Waals surface area contributed by atoms with Crippen LogP contribution in [0.1, 0.15) is 36.2 Å². The molecule has 2 saturated heterocycles. The molecule has 0 bridgehead atoms. The van der Waals surface area contributed by atoms with Gasteiger partial charge in [0.25, 0.3) is 5.91 Å². The summed E-state index contributed by atoms with van der Waals surface area (Å²) in [6.45, 7) is 1.27. The zero-order valence-corrected chi connectivity index (χ0v) is 12.1. The number of hydrogen-bond donors (Lipinski definition) is 1. The Kier molecular flexibility index (Phi) is 3.31. The van der Waals surface area contributed by atoms with Crippen molar-refractivity contribution in [2.45, 2.75) is 31.2 Å². The van der Waals surface area contributed by atoms with Crippen molar-refractivity contribution < 1.29 is 14.7 Å². The lowest BCUT2D eigenvalue weighted by Crippen LogP contribution is -2.60. The van der Waals surface area contributed by atoms with Crippen molar-refractivity contribution in [2.24, 2.45) is 0 Å². The highest BCUT2D eigenvalue weighted by molar-refractivity contribution is 6.00. The first-order chi connectivity index (χ1) is 10.1. The lowest BCUT2D eigenvalue weighted by atomic mass is 9.85. The number of rotatable bonds is 1. The van der Waals surface area contributed by atoms with E-state index in [4.69, 9.17) is 0 Å². The molecule has 2 amide bonds. The Hall–Kier alpha value is -2.11. The third kappa shape index (κ3) is 2.05. The first-order valence-corrected chi connectivity index (χ1v) is 7.28. The molecule has 0 aromatic carbocycles. The summed E-state index contributed by atoms with van der Waals surface area (Å²) in [4.78, 5) is 32.7. The predicted octanol–water partition coefficient (Wildman–Crippen LogP) is 1.01. The smallest absolute Gasteiger partial charge is 0.277 e. The van der Waals surface area contributed by atoms with Gasteiger partial charge in [0.2, 0.25) is 5.91 Å². The van der Waals surface area contributed by atoms with Crippen molar-refractivity contribution in [2.75, 3.05) is 20.1 Å². The van der Waals surface area contributed by atoms with E-state index < -0.39 is 5.54 Å². The lowest BCUT2D eigenvalue weighted by Gasteiger charge is -2.43. The van der Waals surface area contributed by atoms with Crippen molar-refractivity contribution in [1.29, 1.82) is 0 Å². The van der Waals surface area contributed by atoms with Crippen LogP contribution in [-0.4, -0.2) is 57.4 Å². The molecule has 3 rings (SSSR count). The van der Waals surface area contributed by atoms with Crippen molar-refractivity contribution in [3.63, 3.8) is 0 Å². The number of hydrogen-bond acceptors (Lipinski definition) is 4. The van der Waals surface area contributed by atoms with E-state index in [1.807, 2.05) is 0 Å². The Balaban J connectivity index is 1.96. The standard InChI is InChI=1S/C15H19N3O3/c1-17-9-3-6-15(14(17)21)7-4-10-18(15)13(20)12-11(19)5-2-8-16-12/h2,5,8,19H,3-4,6-7,9-10H2,1H3. The molecule has 2 aliphatic rings. The van der Waals surface area contributed by atoms with Crippen LogP contribution in [0.5, 0.6) is 5.75 Å². The number of amides is 2. The summed E-state index contributed by atoms with van der Waals surface area (Å²) >= 11 is 0. The van der Waals surface area contributed by atoms with Gasteiger partial charge in [-0.3, -0.25) is 9.59 Å². The van der Waals surface area contributed by atoms with Crippen LogP contribution in [0.4, 0.5) is 0 Å². The summed E-state index contributed by atoms with van der Waals surface area (Å²) < 4.78 is 0. The molecule has 1 N–H and O–H groups in total. The Morgan fingerprint density at radius 3 is 2.76 bits per heavy atom. The Morgan fingerprint density at radius 1 is 1.33 bits per heavy atom. The van der Waals surface area contributed by atoms with Crippen LogP contribution in [0.3, 0.4) is 0 Å². The van der Waals surface area contributed by atoms with Gasteiger partial charge in [-0.2, -0.15) is 0 Å². The van der Waals surface area contributed by atoms with Gasteiger partial charge in [-0.1, -0.05) is 0 Å². The summed E-state index contributed by atoms with van der Waals surface area (Å²) in [5.41, 5.74) is -0.714. The molecule has 1 aromatic heterocycles. The molecule has 6 heteroatoms. The summed E-state index contributed by atoms with van der Waals surface area (Å²) in [6, 6.07) is 3.02. The monoisotopic (exact) mass is 289 g/mol. The molecule has 1 unspecified atom stereocenters. The quantitative estimate of drug-likeness (QED) is 0.837. The van der Waals surface area contributed by atoms with E-state index in [0.717, 1.165) is 19.4 Å². The number of carbonyl (C=O) groups is 2. The van der Waals surface area contributed by atoms with Crippen LogP contribution >= 0.6 is 0 Å². The molecule has 0 aliphatic carbocycles. The van der Waals surface area contributed by atoms with Crippen LogP contribution in [0.15, 0.2) is 18.3 Å². The Labute approximate surface area is 123 Å². The molecular weight excluding hydrogens is 270 g/mol. The molecule has 112 valence electrons. The summed E-state index contributed by atoms with van der Waals surface area (Å²) in [5.74, 6) is -0.481. The van der Waals surface area contributed by atoms with E-state index in [1.165, 1.54) is 12.3 Å². The zero-order valence-electron chi connectivity index (χ0n) is 12.1. The molecule has 3 heterocycles. The highest BCUT2D eigenvalue weighted by atomic mass is 16.3. The minimum atomic E-state index is -0.742. The fraction of sp³-hybridized carbons (Fsp3) is 0.533. The first kappa shape index (κ1) is 13.9. The molecule has 2 fully saturated rings. The van der Waals surface area contributed by atoms with Gasteiger partial charge in [0, 0.05) is 26.3 Å². The molecule has 1 spiro atoms. The van der Waals surface area contributed by atoms with Crippen molar-refractivity contribution in [3.05, 3.63) is 24.0 Å². The zero-order chi connectivity index (χ0) is 15.0. The van der Waals surface area contributed by atoms with Crippen LogP contribution < -0.4 is 0 Å². The molecule has 1 aromatic rings. The number of carbonyl (C=O) groups excluding carboxylic acids is 2. The average Bonchev–Trinajstić information content (AvgIpc) is 2.89. The van der Waals surface area contributed by atoms with Crippen molar-refractivity contribution in [3.8, 4) is 5.75 Å². The maximum atomic E-state index is 12.7. The van der Waals surface area contributed by atoms with E-state index in [-0.39, 0.29) is 23.3 Å². The largest absolute Gasteiger partial charge is 0.505 e. The number of nitrogens with zero attached hydrogens (tertiary/aromatic N) is 3. The maximum Gasteiger partial charge on any atom is 0.277 e. The average molecular weight is 289 g/mol. The second kappa shape index (κ2) is 5.02. The summed E-state index contributed by atoms with van der Waals surface area (Å²) in [7, 11) is 1.78. The van der Waals surface area contributed by atoms with Crippen molar-refractivity contribution in [1.82, 2.24) is 14.8 Å². The van der Waals surface area contributed by atoms with Crippen LogP contribution in [0.2, 0.25) is 0 Å². The minimum Gasteiger partial charge on any atom is -0.505 e. The van der Waals surface area contributed by atoms with E-state index >= 15 is 0 Å². The maximum absolute atomic E-state index is 12.7. The third-order valence-electron chi connectivity index (χ3n) is 4.55. The SMILES string of the molecule is CN1CCCC2(CCCN2C(=O)c2ncccc2O)C1=O. The normalized spacial score (nSPS) is 25.7. The van der Waals surface area contributed by atoms with Crippen LogP contribution in [-0.2, 0) is 4.79 Å². The van der Waals surface area contributed by atoms with Gasteiger partial charge in [-0.15, -0.1) is 0 Å². The molecule has 0 radical (unpaired) electrons. The molecule has 21 heavy (non-hydrogen) atoms. The van der Waals surface area contributed by atoms with E-state index in [1.54, 1.807) is 22.9 Å². The summed E-state index contributed by atoms with van der Waals surface area (Å²) in [5, 5.41) is 9.84. The molecule has 6 nitrogen and oxygen atoms in total. The van der Waals surface area contributed by atoms with Gasteiger partial charge in [-0.05, 0) is 37.8 Å². The number of pyridine rings is 1. The van der Waals surface area contributed by atoms with Gasteiger partial charge in [0.15, 0.2) is 5.69 Å². The van der Waals surface area contributed by atoms with Gasteiger partial charge < -0.3 is 14.9 Å². The lowest BCUT2D eigenvalue weighted by molar-refractivity contribution is -0.144. The highest BCUT2D eigenvalue weighted by Gasteiger charge is 2.52. The molecule has 2 aliphatic heterocycles. The first-order valence-electron chi connectivity index (χ1n) is 7.28. The van der Waals surface area contributed by atoms with Gasteiger partial charge in [0.05, 0.1) is 0 Å². The Bertz CT molecular complexity index is 589. The van der Waals surface area contributed by atoms with Crippen LogP contribution in [0, 0.1) is 0 Å². The minimum absolute atomic E-state index is 0.00928. The van der Waals surface area contributed by atoms with Gasteiger partial charge >= 0.3 is 0 Å². The molecular formula is C15H19N3O3. The van der Waals surface area contributed by atoms with Crippen LogP contribution in [0.25, 0.3) is 0 Å². The second-order valence-electron chi connectivity index (χ2n) is 5.79. The topological polar surface area (TPSA) is 73.7 Å². The van der Waals surface area contributed by atoms with E-state index in [9.17, 15) is 14.7 Å². The van der Waals surface area contributed by atoms with E-state index in [2.05, 4.69) is 4.98 Å². The molecule has 0 saturated carbocycles. The number of likely N-dealkylation sites (N-methyl/N-ethyl adjacent to an activating group) is 1. The predicted molar refractivity (Wildman–Crippen MR) is 75.8 cm³/mol. The number of aromatic nitrogens is 1.